The predicted molar refractivity (Wildman–Crippen MR) is 88.4 cm³/mol. The Balaban J connectivity index is 2.35. The smallest absolute Gasteiger partial charge is 0.0447 e. The quantitative estimate of drug-likeness (QED) is 0.635. The molecule has 0 aliphatic carbocycles. The number of hydrogen-bond donors (Lipinski definition) is 0. The van der Waals surface area contributed by atoms with Crippen LogP contribution in [0.2, 0.25) is 0 Å². The summed E-state index contributed by atoms with van der Waals surface area (Å²) in [5, 5.41) is 2.59. The van der Waals surface area contributed by atoms with Crippen molar-refractivity contribution in [2.75, 3.05) is 19.0 Å². The van der Waals surface area contributed by atoms with Crippen LogP contribution < -0.4 is 4.90 Å². The number of anilines is 1. The van der Waals surface area contributed by atoms with Crippen molar-refractivity contribution in [1.82, 2.24) is 0 Å². The van der Waals surface area contributed by atoms with Gasteiger partial charge in [0.05, 0.1) is 0 Å². The van der Waals surface area contributed by atoms with Gasteiger partial charge in [0.1, 0.15) is 0 Å². The maximum absolute atomic E-state index is 2.21. The minimum Gasteiger partial charge on any atom is -0.377 e. The highest BCUT2D eigenvalue weighted by molar-refractivity contribution is 6.02. The first-order chi connectivity index (χ1) is 9.66. The largest absolute Gasteiger partial charge is 0.377 e. The molecule has 3 aromatic carbocycles. The van der Waals surface area contributed by atoms with E-state index < -0.39 is 0 Å². The number of hydrogen-bond acceptors (Lipinski definition) is 1. The predicted octanol–water partition coefficient (Wildman–Crippen LogP) is 4.88. The van der Waals surface area contributed by atoms with E-state index in [0.717, 1.165) is 0 Å². The van der Waals surface area contributed by atoms with Crippen LogP contribution in [0.25, 0.3) is 21.9 Å². The lowest BCUT2D eigenvalue weighted by Gasteiger charge is -2.20. The molecule has 0 aliphatic rings. The Morgan fingerprint density at radius 1 is 0.750 bits per heavy atom. The molecule has 0 saturated carbocycles. The molecule has 1 nitrogen and oxygen atoms in total. The highest BCUT2D eigenvalue weighted by Gasteiger charge is 2.11. The van der Waals surface area contributed by atoms with Crippen molar-refractivity contribution < 1.29 is 0 Å². The maximum Gasteiger partial charge on any atom is 0.0447 e. The molecule has 20 heavy (non-hydrogen) atoms. The second kappa shape index (κ2) is 5.01. The third-order valence-electron chi connectivity index (χ3n) is 3.73. The summed E-state index contributed by atoms with van der Waals surface area (Å²) >= 11 is 0. The number of rotatable bonds is 2. The first-order valence-corrected chi connectivity index (χ1v) is 6.93. The Morgan fingerprint density at radius 2 is 1.45 bits per heavy atom. The SMILES string of the molecule is Cc1ccc(-c2c(N(C)C)ccc3ccccc23)cc1. The van der Waals surface area contributed by atoms with Gasteiger partial charge in [0.25, 0.3) is 0 Å². The molecule has 3 rings (SSSR count). The van der Waals surface area contributed by atoms with Crippen LogP contribution in [0.15, 0.2) is 60.7 Å². The van der Waals surface area contributed by atoms with Crippen molar-refractivity contribution in [1.29, 1.82) is 0 Å². The molecule has 0 radical (unpaired) electrons. The zero-order valence-electron chi connectivity index (χ0n) is 12.2. The molecule has 0 unspecified atom stereocenters. The summed E-state index contributed by atoms with van der Waals surface area (Å²) in [4.78, 5) is 2.18. The van der Waals surface area contributed by atoms with Gasteiger partial charge in [-0.25, -0.2) is 0 Å². The van der Waals surface area contributed by atoms with E-state index in [2.05, 4.69) is 86.6 Å². The summed E-state index contributed by atoms with van der Waals surface area (Å²) in [6.07, 6.45) is 0. The molecule has 0 spiro atoms. The van der Waals surface area contributed by atoms with Gasteiger partial charge in [-0.1, -0.05) is 60.2 Å². The molecule has 0 atom stereocenters. The molecule has 0 bridgehead atoms. The Hall–Kier alpha value is -2.28. The molecule has 0 fully saturated rings. The average Bonchev–Trinajstić information content (AvgIpc) is 2.47. The van der Waals surface area contributed by atoms with Gasteiger partial charge in [0.15, 0.2) is 0 Å². The minimum absolute atomic E-state index is 1.26. The zero-order valence-corrected chi connectivity index (χ0v) is 12.2. The van der Waals surface area contributed by atoms with E-state index in [-0.39, 0.29) is 0 Å². The first kappa shape index (κ1) is 12.7. The molecule has 0 N–H and O–H groups in total. The van der Waals surface area contributed by atoms with Crippen molar-refractivity contribution >= 4 is 16.5 Å². The van der Waals surface area contributed by atoms with Crippen LogP contribution in [0.3, 0.4) is 0 Å². The third kappa shape index (κ3) is 2.16. The highest BCUT2D eigenvalue weighted by atomic mass is 15.1. The molecular formula is C19H19N. The molecule has 0 amide bonds. The maximum atomic E-state index is 2.21. The highest BCUT2D eigenvalue weighted by Crippen LogP contribution is 2.36. The monoisotopic (exact) mass is 261 g/mol. The zero-order chi connectivity index (χ0) is 14.1. The molecule has 0 aliphatic heterocycles. The lowest BCUT2D eigenvalue weighted by Crippen LogP contribution is -2.10. The fourth-order valence-corrected chi connectivity index (χ4v) is 2.66. The molecule has 0 aromatic heterocycles. The van der Waals surface area contributed by atoms with Gasteiger partial charge in [-0.15, -0.1) is 0 Å². The summed E-state index contributed by atoms with van der Waals surface area (Å²) < 4.78 is 0. The van der Waals surface area contributed by atoms with E-state index >= 15 is 0 Å². The fraction of sp³-hybridized carbons (Fsp3) is 0.158. The Bertz CT molecular complexity index is 739. The van der Waals surface area contributed by atoms with E-state index in [9.17, 15) is 0 Å². The summed E-state index contributed by atoms with van der Waals surface area (Å²) in [5.74, 6) is 0. The topological polar surface area (TPSA) is 3.24 Å². The minimum atomic E-state index is 1.26. The first-order valence-electron chi connectivity index (χ1n) is 6.93. The van der Waals surface area contributed by atoms with Crippen molar-refractivity contribution in [3.63, 3.8) is 0 Å². The molecule has 100 valence electrons. The summed E-state index contributed by atoms with van der Waals surface area (Å²) in [6, 6.07) is 21.8. The van der Waals surface area contributed by atoms with Gasteiger partial charge in [-0.3, -0.25) is 0 Å². The Kier molecular flexibility index (Phi) is 3.19. The van der Waals surface area contributed by atoms with Crippen LogP contribution in [0.5, 0.6) is 0 Å². The lowest BCUT2D eigenvalue weighted by atomic mass is 9.95. The van der Waals surface area contributed by atoms with Crippen molar-refractivity contribution in [3.8, 4) is 11.1 Å². The normalized spacial score (nSPS) is 10.8. The standard InChI is InChI=1S/C19H19N/c1-14-8-10-16(11-9-14)19-17-7-5-4-6-15(17)12-13-18(19)20(2)3/h4-13H,1-3H3. The molecule has 3 aromatic rings. The number of nitrogens with zero attached hydrogens (tertiary/aromatic N) is 1. The van der Waals surface area contributed by atoms with Crippen LogP contribution in [0, 0.1) is 6.92 Å². The Labute approximate surface area is 120 Å². The van der Waals surface area contributed by atoms with Gasteiger partial charge in [-0.2, -0.15) is 0 Å². The second-order valence-electron chi connectivity index (χ2n) is 5.44. The van der Waals surface area contributed by atoms with Crippen molar-refractivity contribution in [2.45, 2.75) is 6.92 Å². The lowest BCUT2D eigenvalue weighted by molar-refractivity contribution is 1.14. The van der Waals surface area contributed by atoms with Gasteiger partial charge >= 0.3 is 0 Å². The molecule has 0 saturated heterocycles. The van der Waals surface area contributed by atoms with Crippen molar-refractivity contribution in [3.05, 3.63) is 66.2 Å². The molecular weight excluding hydrogens is 242 g/mol. The van der Waals surface area contributed by atoms with E-state index in [1.807, 2.05) is 0 Å². The van der Waals surface area contributed by atoms with E-state index in [1.54, 1.807) is 0 Å². The third-order valence-corrected chi connectivity index (χ3v) is 3.73. The number of fused-ring (bicyclic) bond motifs is 1. The van der Waals surface area contributed by atoms with Crippen LogP contribution >= 0.6 is 0 Å². The second-order valence-corrected chi connectivity index (χ2v) is 5.44. The Morgan fingerprint density at radius 3 is 2.15 bits per heavy atom. The fourth-order valence-electron chi connectivity index (χ4n) is 2.66. The van der Waals surface area contributed by atoms with E-state index in [1.165, 1.54) is 33.2 Å². The van der Waals surface area contributed by atoms with Gasteiger partial charge in [-0.05, 0) is 29.3 Å². The average molecular weight is 261 g/mol. The molecule has 0 heterocycles. The van der Waals surface area contributed by atoms with Crippen molar-refractivity contribution in [2.24, 2.45) is 0 Å². The summed E-state index contributed by atoms with van der Waals surface area (Å²) in [6.45, 7) is 2.12. The van der Waals surface area contributed by atoms with Crippen LogP contribution in [0.1, 0.15) is 5.56 Å². The number of benzene rings is 3. The van der Waals surface area contributed by atoms with E-state index in [4.69, 9.17) is 0 Å². The van der Waals surface area contributed by atoms with Gasteiger partial charge in [0.2, 0.25) is 0 Å². The van der Waals surface area contributed by atoms with Crippen LogP contribution in [-0.4, -0.2) is 14.1 Å². The number of aryl methyl sites for hydroxylation is 1. The van der Waals surface area contributed by atoms with E-state index in [0.29, 0.717) is 0 Å². The molecule has 1 heteroatoms. The van der Waals surface area contributed by atoms with Crippen LogP contribution in [0.4, 0.5) is 5.69 Å². The summed E-state index contributed by atoms with van der Waals surface area (Å²) in [5.41, 5.74) is 5.14. The van der Waals surface area contributed by atoms with Crippen LogP contribution in [-0.2, 0) is 0 Å². The van der Waals surface area contributed by atoms with Gasteiger partial charge in [0, 0.05) is 25.3 Å². The summed E-state index contributed by atoms with van der Waals surface area (Å²) in [7, 11) is 4.20. The van der Waals surface area contributed by atoms with Gasteiger partial charge < -0.3 is 4.90 Å².